The Kier molecular flexibility index (Phi) is 9.97. The molecule has 10 nitrogen and oxygen atoms in total. The third kappa shape index (κ3) is 11.4. The van der Waals surface area contributed by atoms with Crippen molar-refractivity contribution in [3.63, 3.8) is 0 Å². The molecule has 0 aliphatic heterocycles. The van der Waals surface area contributed by atoms with Gasteiger partial charge in [0.2, 0.25) is 5.90 Å². The van der Waals surface area contributed by atoms with Gasteiger partial charge in [0.1, 0.15) is 17.1 Å². The Labute approximate surface area is 224 Å². The third-order valence-corrected chi connectivity index (χ3v) is 4.63. The smallest absolute Gasteiger partial charge is 0.357 e. The number of carboxylic acid groups (broad SMARTS) is 1. The minimum Gasteiger partial charge on any atom is -0.476 e. The molecule has 0 aliphatic rings. The van der Waals surface area contributed by atoms with Gasteiger partial charge in [-0.05, 0) is 49.4 Å². The van der Waals surface area contributed by atoms with Crippen molar-refractivity contribution in [2.75, 3.05) is 6.54 Å². The van der Waals surface area contributed by atoms with Gasteiger partial charge in [-0.25, -0.2) is 4.79 Å². The van der Waals surface area contributed by atoms with Crippen LogP contribution in [0.15, 0.2) is 58.5 Å². The molecule has 4 rings (SSSR count). The molecule has 1 unspecified atom stereocenters. The maximum Gasteiger partial charge on any atom is 0.357 e. The summed E-state index contributed by atoms with van der Waals surface area (Å²) >= 11 is 0. The fraction of sp³-hybridized carbons (Fsp3) is 0.304. The van der Waals surface area contributed by atoms with Crippen molar-refractivity contribution in [3.05, 3.63) is 54.2 Å². The minimum atomic E-state index is -10.7. The molecule has 0 fully saturated rings. The molecule has 0 spiro atoms. The molecule has 0 saturated heterocycles. The second-order valence-electron chi connectivity index (χ2n) is 7.90. The largest absolute Gasteiger partial charge is 0.476 e. The second-order valence-corrected chi connectivity index (χ2v) is 9.82. The first-order valence-electron chi connectivity index (χ1n) is 11.8. The number of aromatic carboxylic acids is 1. The molecule has 0 amide bonds. The van der Waals surface area contributed by atoms with Crippen LogP contribution in [0.1, 0.15) is 44.1 Å². The van der Waals surface area contributed by atoms with Crippen LogP contribution in [0, 0.1) is 0 Å². The quantitative estimate of drug-likeness (QED) is 0.101. The third-order valence-electron chi connectivity index (χ3n) is 4.63. The Bertz CT molecular complexity index is 1480. The fourth-order valence-corrected chi connectivity index (χ4v) is 3.06. The predicted octanol–water partition coefficient (Wildman–Crippen LogP) is 7.18. The molecule has 2 aromatic carbocycles. The Morgan fingerprint density at radius 1 is 1.07 bits per heavy atom. The summed E-state index contributed by atoms with van der Waals surface area (Å²) in [7, 11) is -10.7. The number of hydrogen-bond donors (Lipinski definition) is 2. The van der Waals surface area contributed by atoms with Crippen molar-refractivity contribution < 1.29 is 39.9 Å². The van der Waals surface area contributed by atoms with E-state index in [1.54, 1.807) is 18.2 Å². The molecule has 1 atom stereocenters. The van der Waals surface area contributed by atoms with E-state index in [0.29, 0.717) is 17.8 Å². The zero-order chi connectivity index (χ0) is 30.0. The molecule has 0 radical (unpaired) electrons. The molecular weight excluding hydrogens is 567 g/mol. The van der Waals surface area contributed by atoms with E-state index in [1.807, 2.05) is 43.5 Å². The van der Waals surface area contributed by atoms with Gasteiger partial charge in [0.25, 0.3) is 0 Å². The Hall–Kier alpha value is -4.07. The summed E-state index contributed by atoms with van der Waals surface area (Å²) in [6.45, 7) is 6.73. The second kappa shape index (κ2) is 12.4. The number of aromatic amines is 1. The number of hydrogen-bond acceptors (Lipinski definition) is 7. The average molecular weight is 594 g/mol. The van der Waals surface area contributed by atoms with Crippen LogP contribution in [0.3, 0.4) is 0 Å². The number of fused-ring (bicyclic) bond motifs is 2. The van der Waals surface area contributed by atoms with Crippen LogP contribution >= 0.6 is 7.81 Å². The van der Waals surface area contributed by atoms with Crippen LogP contribution in [0.4, 0.5) is 25.2 Å². The van der Waals surface area contributed by atoms with Crippen molar-refractivity contribution in [3.8, 4) is 0 Å². The van der Waals surface area contributed by atoms with Crippen molar-refractivity contribution in [1.29, 1.82) is 0 Å². The van der Waals surface area contributed by atoms with Crippen LogP contribution < -0.4 is 4.84 Å². The van der Waals surface area contributed by atoms with E-state index in [9.17, 15) is 30.0 Å². The molecular formula is C23H27F6N7O3P-. The fourth-order valence-electron chi connectivity index (χ4n) is 3.06. The Morgan fingerprint density at radius 3 is 2.30 bits per heavy atom. The van der Waals surface area contributed by atoms with Crippen LogP contribution in [0.2, 0.25) is 0 Å². The number of nitrogens with one attached hydrogen (secondary N) is 1. The van der Waals surface area contributed by atoms with Gasteiger partial charge in [-0.2, -0.15) is 5.10 Å². The van der Waals surface area contributed by atoms with Crippen LogP contribution in [0.5, 0.6) is 0 Å². The molecule has 2 aromatic heterocycles. The van der Waals surface area contributed by atoms with E-state index in [1.165, 1.54) is 4.85 Å². The first kappa shape index (κ1) is 32.1. The summed E-state index contributed by atoms with van der Waals surface area (Å²) in [5.74, 6) is -0.437. The van der Waals surface area contributed by atoms with Crippen LogP contribution in [-0.2, 0) is 0 Å². The normalized spacial score (nSPS) is 14.5. The van der Waals surface area contributed by atoms with Crippen molar-refractivity contribution in [2.24, 2.45) is 9.98 Å². The first-order chi connectivity index (χ1) is 18.5. The maximum atomic E-state index is 10.6. The van der Waals surface area contributed by atoms with Crippen molar-refractivity contribution in [2.45, 2.75) is 39.7 Å². The van der Waals surface area contributed by atoms with Gasteiger partial charge < -0.3 is 9.94 Å². The van der Waals surface area contributed by atoms with Gasteiger partial charge in [0.05, 0.1) is 5.52 Å². The Balaban J connectivity index is 0.000000247. The molecule has 17 heteroatoms. The molecule has 2 N–H and O–H groups in total. The van der Waals surface area contributed by atoms with Gasteiger partial charge in [-0.15, -0.1) is 5.10 Å². The number of H-pyrrole nitrogens is 1. The van der Waals surface area contributed by atoms with E-state index < -0.39 is 13.8 Å². The number of rotatable bonds is 7. The minimum absolute atomic E-state index is 0.0746. The van der Waals surface area contributed by atoms with Crippen molar-refractivity contribution in [1.82, 2.24) is 25.4 Å². The zero-order valence-electron chi connectivity index (χ0n) is 21.6. The Morgan fingerprint density at radius 2 is 1.70 bits per heavy atom. The SMILES string of the molecule is CCC=NC(CC)C(=NCC)On1nnc2ccccc21.F[P-](F)(F)(F)(F)F.O=C(O)c1n[nH]c2ccccc12. The van der Waals surface area contributed by atoms with E-state index in [-0.39, 0.29) is 11.7 Å². The van der Waals surface area contributed by atoms with Crippen LogP contribution in [-0.4, -0.2) is 61.1 Å². The number of nitrogens with zero attached hydrogens (tertiary/aromatic N) is 6. The number of para-hydroxylation sites is 2. The van der Waals surface area contributed by atoms with Gasteiger partial charge >= 0.3 is 39.0 Å². The molecule has 2 heterocycles. The van der Waals surface area contributed by atoms with Crippen molar-refractivity contribution >= 4 is 47.8 Å². The van der Waals surface area contributed by atoms with E-state index >= 15 is 0 Å². The number of benzene rings is 2. The van der Waals surface area contributed by atoms with E-state index in [0.717, 1.165) is 29.4 Å². The number of halogens is 6. The van der Waals surface area contributed by atoms with Crippen LogP contribution in [0.25, 0.3) is 21.9 Å². The summed E-state index contributed by atoms with van der Waals surface area (Å²) in [5, 5.41) is 23.7. The summed E-state index contributed by atoms with van der Waals surface area (Å²) in [4.78, 5) is 26.8. The molecule has 0 bridgehead atoms. The average Bonchev–Trinajstić information content (AvgIpc) is 3.48. The molecule has 220 valence electrons. The molecule has 0 aliphatic carbocycles. The maximum absolute atomic E-state index is 10.7. The summed E-state index contributed by atoms with van der Waals surface area (Å²) in [6, 6.07) is 14.7. The monoisotopic (exact) mass is 594 g/mol. The zero-order valence-corrected chi connectivity index (χ0v) is 22.5. The summed E-state index contributed by atoms with van der Waals surface area (Å²) < 4.78 is 59.2. The van der Waals surface area contributed by atoms with Gasteiger partial charge in [-0.1, -0.05) is 49.0 Å². The number of carbonyl (C=O) groups is 1. The topological polar surface area (TPSA) is 131 Å². The van der Waals surface area contributed by atoms with Gasteiger partial charge in [-0.3, -0.25) is 15.1 Å². The van der Waals surface area contributed by atoms with Gasteiger partial charge in [0, 0.05) is 11.9 Å². The summed E-state index contributed by atoms with van der Waals surface area (Å²) in [5.41, 5.74) is 2.43. The number of carboxylic acids is 1. The molecule has 0 saturated carbocycles. The van der Waals surface area contributed by atoms with E-state index in [4.69, 9.17) is 9.94 Å². The standard InChI is InChI=1S/C15H21N5O.C8H6N2O2.F6P/c1-4-11-17-12(5-2)15(16-6-3)21-20-14-10-8-7-9-13(14)18-19-20;11-8(12)7-5-3-1-2-4-6(5)9-10-7;1-7(2,3,4,5)6/h7-12H,4-6H2,1-3H3;1-4H,(H,9,10)(H,11,12);/q;;-1. The first-order valence-corrected chi connectivity index (χ1v) is 13.8. The summed E-state index contributed by atoms with van der Waals surface area (Å²) in [6.07, 6.45) is 3.60. The predicted molar refractivity (Wildman–Crippen MR) is 142 cm³/mol. The number of aromatic nitrogens is 5. The number of aliphatic imine (C=N–C) groups is 2. The van der Waals surface area contributed by atoms with E-state index in [2.05, 4.69) is 44.3 Å². The molecule has 40 heavy (non-hydrogen) atoms. The van der Waals surface area contributed by atoms with Gasteiger partial charge in [0.15, 0.2) is 5.69 Å². The molecule has 4 aromatic rings.